The van der Waals surface area contributed by atoms with E-state index in [0.717, 1.165) is 25.2 Å². The van der Waals surface area contributed by atoms with Gasteiger partial charge in [-0.15, -0.1) is 0 Å². The monoisotopic (exact) mass is 264 g/mol. The van der Waals surface area contributed by atoms with E-state index in [-0.39, 0.29) is 11.2 Å². The second kappa shape index (κ2) is 5.03. The van der Waals surface area contributed by atoms with Crippen LogP contribution >= 0.6 is 0 Å². The number of nitrogens with zero attached hydrogens (tertiary/aromatic N) is 4. The molecule has 0 N–H and O–H groups in total. The molecule has 0 radical (unpaired) electrons. The Morgan fingerprint density at radius 1 is 1.05 bits per heavy atom. The van der Waals surface area contributed by atoms with Gasteiger partial charge in [0, 0.05) is 20.1 Å². The molecule has 0 bridgehead atoms. The van der Waals surface area contributed by atoms with E-state index in [2.05, 4.69) is 11.9 Å². The molecule has 2 aromatic heterocycles. The van der Waals surface area contributed by atoms with Crippen LogP contribution in [0, 0.1) is 6.92 Å². The van der Waals surface area contributed by atoms with Crippen LogP contribution in [-0.2, 0) is 20.1 Å². The molecule has 0 aromatic carbocycles. The summed E-state index contributed by atoms with van der Waals surface area (Å²) in [5, 5.41) is 0. The number of aromatic nitrogens is 4. The minimum Gasteiger partial charge on any atom is -0.322 e. The maximum absolute atomic E-state index is 12.5. The van der Waals surface area contributed by atoms with E-state index in [9.17, 15) is 9.59 Å². The van der Waals surface area contributed by atoms with E-state index < -0.39 is 0 Å². The van der Waals surface area contributed by atoms with Gasteiger partial charge in [-0.3, -0.25) is 13.9 Å². The van der Waals surface area contributed by atoms with Gasteiger partial charge in [-0.2, -0.15) is 0 Å². The van der Waals surface area contributed by atoms with Crippen LogP contribution in [0.15, 0.2) is 9.59 Å². The molecular weight excluding hydrogens is 244 g/mol. The molecule has 2 aromatic rings. The Morgan fingerprint density at radius 3 is 2.21 bits per heavy atom. The third-order valence-electron chi connectivity index (χ3n) is 3.32. The van der Waals surface area contributed by atoms with E-state index in [4.69, 9.17) is 0 Å². The first-order valence-electron chi connectivity index (χ1n) is 6.69. The fourth-order valence-electron chi connectivity index (χ4n) is 2.40. The zero-order valence-corrected chi connectivity index (χ0v) is 11.9. The molecule has 0 spiro atoms. The highest BCUT2D eigenvalue weighted by molar-refractivity contribution is 5.70. The second-order valence-corrected chi connectivity index (χ2v) is 4.78. The van der Waals surface area contributed by atoms with Gasteiger partial charge in [0.25, 0.3) is 5.56 Å². The molecule has 0 fully saturated rings. The molecule has 0 atom stereocenters. The van der Waals surface area contributed by atoms with Crippen molar-refractivity contribution in [2.75, 3.05) is 0 Å². The third-order valence-corrected chi connectivity index (χ3v) is 3.32. The Balaban J connectivity index is 2.92. The van der Waals surface area contributed by atoms with Crippen LogP contribution in [0.4, 0.5) is 0 Å². The van der Waals surface area contributed by atoms with Gasteiger partial charge in [-0.1, -0.05) is 13.8 Å². The van der Waals surface area contributed by atoms with Gasteiger partial charge in [0.2, 0.25) is 0 Å². The van der Waals surface area contributed by atoms with Crippen molar-refractivity contribution < 1.29 is 0 Å². The predicted molar refractivity (Wildman–Crippen MR) is 74.6 cm³/mol. The average Bonchev–Trinajstić information content (AvgIpc) is 2.70. The summed E-state index contributed by atoms with van der Waals surface area (Å²) in [5.41, 5.74) is 0.498. The van der Waals surface area contributed by atoms with Crippen molar-refractivity contribution in [3.63, 3.8) is 0 Å². The molecular formula is C13H20N4O2. The lowest BCUT2D eigenvalue weighted by molar-refractivity contribution is 0.588. The summed E-state index contributed by atoms with van der Waals surface area (Å²) >= 11 is 0. The lowest BCUT2D eigenvalue weighted by atomic mass is 10.4. The molecule has 19 heavy (non-hydrogen) atoms. The van der Waals surface area contributed by atoms with Crippen LogP contribution in [-0.4, -0.2) is 18.7 Å². The predicted octanol–water partition coefficient (Wildman–Crippen LogP) is 1.03. The summed E-state index contributed by atoms with van der Waals surface area (Å²) in [5.74, 6) is 0.776. The molecule has 0 unspecified atom stereocenters. The highest BCUT2D eigenvalue weighted by atomic mass is 16.2. The molecule has 0 aliphatic heterocycles. The van der Waals surface area contributed by atoms with Crippen molar-refractivity contribution >= 4 is 11.2 Å². The van der Waals surface area contributed by atoms with Gasteiger partial charge in [0.1, 0.15) is 5.82 Å². The van der Waals surface area contributed by atoms with Gasteiger partial charge in [0.05, 0.1) is 0 Å². The fourth-order valence-corrected chi connectivity index (χ4v) is 2.40. The van der Waals surface area contributed by atoms with E-state index in [1.54, 1.807) is 7.05 Å². The number of hydrogen-bond donors (Lipinski definition) is 0. The van der Waals surface area contributed by atoms with Crippen LogP contribution in [0.25, 0.3) is 11.2 Å². The smallest absolute Gasteiger partial charge is 0.322 e. The Bertz CT molecular complexity index is 721. The van der Waals surface area contributed by atoms with Crippen LogP contribution in [0.1, 0.15) is 32.5 Å². The normalized spacial score (nSPS) is 11.4. The number of aryl methyl sites for hydroxylation is 3. The summed E-state index contributed by atoms with van der Waals surface area (Å²) in [7, 11) is 1.67. The standard InChI is InChI=1S/C13H20N4O2/c1-5-7-16-9(3)14-11-10(16)12(18)17(8-6-2)13(19)15(11)4/h5-8H2,1-4H3. The molecule has 0 aliphatic rings. The van der Waals surface area contributed by atoms with Gasteiger partial charge >= 0.3 is 5.69 Å². The molecule has 2 rings (SSSR count). The third kappa shape index (κ3) is 2.01. The number of imidazole rings is 1. The zero-order valence-electron chi connectivity index (χ0n) is 11.9. The van der Waals surface area contributed by atoms with E-state index in [1.165, 1.54) is 9.13 Å². The minimum atomic E-state index is -0.291. The van der Waals surface area contributed by atoms with Crippen LogP contribution in [0.5, 0.6) is 0 Å². The van der Waals surface area contributed by atoms with Crippen molar-refractivity contribution in [3.05, 3.63) is 26.7 Å². The van der Waals surface area contributed by atoms with Crippen LogP contribution < -0.4 is 11.2 Å². The number of hydrogen-bond acceptors (Lipinski definition) is 3. The molecule has 104 valence electrons. The molecule has 6 heteroatoms. The topological polar surface area (TPSA) is 61.8 Å². The maximum Gasteiger partial charge on any atom is 0.332 e. The van der Waals surface area contributed by atoms with Gasteiger partial charge in [-0.05, 0) is 19.8 Å². The summed E-state index contributed by atoms with van der Waals surface area (Å²) in [6.45, 7) is 7.05. The first-order valence-corrected chi connectivity index (χ1v) is 6.69. The Hall–Kier alpha value is -1.85. The highest BCUT2D eigenvalue weighted by Crippen LogP contribution is 2.10. The quantitative estimate of drug-likeness (QED) is 0.828. The molecule has 0 saturated carbocycles. The average molecular weight is 264 g/mol. The lowest BCUT2D eigenvalue weighted by Crippen LogP contribution is -2.39. The van der Waals surface area contributed by atoms with Crippen molar-refractivity contribution in [1.82, 2.24) is 18.7 Å². The van der Waals surface area contributed by atoms with Crippen molar-refractivity contribution in [1.29, 1.82) is 0 Å². The second-order valence-electron chi connectivity index (χ2n) is 4.78. The van der Waals surface area contributed by atoms with Gasteiger partial charge < -0.3 is 4.57 Å². The molecule has 0 aliphatic carbocycles. The summed E-state index contributed by atoms with van der Waals surface area (Å²) in [6, 6.07) is 0. The van der Waals surface area contributed by atoms with E-state index >= 15 is 0 Å². The first kappa shape index (κ1) is 13.6. The Morgan fingerprint density at radius 2 is 1.63 bits per heavy atom. The van der Waals surface area contributed by atoms with E-state index in [1.807, 2.05) is 18.4 Å². The van der Waals surface area contributed by atoms with Crippen molar-refractivity contribution in [2.45, 2.75) is 46.7 Å². The molecule has 6 nitrogen and oxygen atoms in total. The van der Waals surface area contributed by atoms with Crippen molar-refractivity contribution in [2.24, 2.45) is 7.05 Å². The first-order chi connectivity index (χ1) is 9.02. The SMILES string of the molecule is CCCn1c(=O)c2c(nc(C)n2CCC)n(C)c1=O. The summed E-state index contributed by atoms with van der Waals surface area (Å²) in [6.07, 6.45) is 1.67. The molecule has 0 saturated heterocycles. The lowest BCUT2D eigenvalue weighted by Gasteiger charge is -2.08. The van der Waals surface area contributed by atoms with Crippen LogP contribution in [0.2, 0.25) is 0 Å². The Labute approximate surface area is 111 Å². The fraction of sp³-hybridized carbons (Fsp3) is 0.615. The van der Waals surface area contributed by atoms with Gasteiger partial charge in [0.15, 0.2) is 11.2 Å². The van der Waals surface area contributed by atoms with Crippen molar-refractivity contribution in [3.8, 4) is 0 Å². The maximum atomic E-state index is 12.5. The summed E-state index contributed by atoms with van der Waals surface area (Å²) in [4.78, 5) is 29.0. The number of fused-ring (bicyclic) bond motifs is 1. The van der Waals surface area contributed by atoms with E-state index in [0.29, 0.717) is 17.7 Å². The molecule has 0 amide bonds. The highest BCUT2D eigenvalue weighted by Gasteiger charge is 2.17. The minimum absolute atomic E-state index is 0.228. The van der Waals surface area contributed by atoms with Gasteiger partial charge in [-0.25, -0.2) is 9.78 Å². The molecule has 2 heterocycles. The Kier molecular flexibility index (Phi) is 3.59. The largest absolute Gasteiger partial charge is 0.332 e. The summed E-state index contributed by atoms with van der Waals surface area (Å²) < 4.78 is 4.67. The zero-order chi connectivity index (χ0) is 14.2. The van der Waals surface area contributed by atoms with Crippen LogP contribution in [0.3, 0.4) is 0 Å². The number of rotatable bonds is 4.